The topological polar surface area (TPSA) is 46.2 Å². The van der Waals surface area contributed by atoms with E-state index in [1.165, 1.54) is 6.07 Å². The fourth-order valence-corrected chi connectivity index (χ4v) is 1.56. The summed E-state index contributed by atoms with van der Waals surface area (Å²) in [6, 6.07) is 2.67. The molecule has 0 unspecified atom stereocenters. The Labute approximate surface area is 83.6 Å². The summed E-state index contributed by atoms with van der Waals surface area (Å²) in [6.45, 7) is 5.20. The maximum Gasteiger partial charge on any atom is 0.126 e. The van der Waals surface area contributed by atoms with Gasteiger partial charge in [0.2, 0.25) is 0 Å². The highest BCUT2D eigenvalue weighted by Gasteiger charge is 2.18. The monoisotopic (exact) mass is 197 g/mol. The normalized spacial score (nSPS) is 15.3. The molecule has 0 aromatic heterocycles. The first-order chi connectivity index (χ1) is 6.45. The summed E-state index contributed by atoms with van der Waals surface area (Å²) in [6.07, 6.45) is -0.800. The van der Waals surface area contributed by atoms with Gasteiger partial charge in [-0.2, -0.15) is 0 Å². The molecule has 2 nitrogen and oxygen atoms in total. The molecule has 0 saturated heterocycles. The molecule has 0 bridgehead atoms. The molecule has 78 valence electrons. The van der Waals surface area contributed by atoms with Crippen molar-refractivity contribution in [2.24, 2.45) is 5.73 Å². The molecular formula is C11H16FNO. The molecule has 0 heterocycles. The van der Waals surface area contributed by atoms with Crippen LogP contribution in [0.2, 0.25) is 0 Å². The zero-order valence-electron chi connectivity index (χ0n) is 8.71. The fraction of sp³-hybridized carbons (Fsp3) is 0.455. The third-order valence-electron chi connectivity index (χ3n) is 2.46. The third-order valence-corrected chi connectivity index (χ3v) is 2.46. The number of rotatable bonds is 2. The van der Waals surface area contributed by atoms with Gasteiger partial charge < -0.3 is 10.8 Å². The maximum absolute atomic E-state index is 13.2. The molecule has 3 N–H and O–H groups in total. The Balaban J connectivity index is 3.25. The lowest BCUT2D eigenvalue weighted by Gasteiger charge is -2.19. The molecule has 0 spiro atoms. The highest BCUT2D eigenvalue weighted by atomic mass is 19.1. The SMILES string of the molecule is Cc1ccc(F)c(C)c1[C@@H](O)[C@H](C)N. The lowest BCUT2D eigenvalue weighted by molar-refractivity contribution is 0.151. The van der Waals surface area contributed by atoms with E-state index in [0.717, 1.165) is 5.56 Å². The number of nitrogens with two attached hydrogens (primary N) is 1. The third kappa shape index (κ3) is 1.94. The number of aryl methyl sites for hydroxylation is 1. The van der Waals surface area contributed by atoms with Crippen LogP contribution in [-0.2, 0) is 0 Å². The van der Waals surface area contributed by atoms with Gasteiger partial charge in [-0.3, -0.25) is 0 Å². The number of benzene rings is 1. The zero-order valence-corrected chi connectivity index (χ0v) is 8.71. The van der Waals surface area contributed by atoms with Crippen LogP contribution in [0.15, 0.2) is 12.1 Å². The van der Waals surface area contributed by atoms with Crippen molar-refractivity contribution in [3.8, 4) is 0 Å². The van der Waals surface area contributed by atoms with Crippen molar-refractivity contribution < 1.29 is 9.50 Å². The van der Waals surface area contributed by atoms with Crippen molar-refractivity contribution >= 4 is 0 Å². The summed E-state index contributed by atoms with van der Waals surface area (Å²) in [4.78, 5) is 0. The predicted octanol–water partition coefficient (Wildman–Crippen LogP) is 1.82. The molecule has 1 aromatic rings. The summed E-state index contributed by atoms with van der Waals surface area (Å²) < 4.78 is 13.2. The van der Waals surface area contributed by atoms with Gasteiger partial charge in [-0.25, -0.2) is 4.39 Å². The quantitative estimate of drug-likeness (QED) is 0.759. The van der Waals surface area contributed by atoms with E-state index < -0.39 is 12.1 Å². The number of halogens is 1. The second kappa shape index (κ2) is 4.07. The molecule has 1 rings (SSSR count). The minimum Gasteiger partial charge on any atom is -0.387 e. The van der Waals surface area contributed by atoms with E-state index in [0.29, 0.717) is 11.1 Å². The van der Waals surface area contributed by atoms with E-state index in [4.69, 9.17) is 5.73 Å². The second-order valence-electron chi connectivity index (χ2n) is 3.71. The van der Waals surface area contributed by atoms with Gasteiger partial charge in [0.05, 0.1) is 6.10 Å². The zero-order chi connectivity index (χ0) is 10.9. The van der Waals surface area contributed by atoms with E-state index in [1.54, 1.807) is 19.9 Å². The Bertz CT molecular complexity index is 336. The second-order valence-corrected chi connectivity index (χ2v) is 3.71. The number of hydrogen-bond donors (Lipinski definition) is 2. The Morgan fingerprint density at radius 1 is 1.36 bits per heavy atom. The Kier molecular flexibility index (Phi) is 3.24. The van der Waals surface area contributed by atoms with Crippen molar-refractivity contribution in [3.63, 3.8) is 0 Å². The molecule has 0 fully saturated rings. The van der Waals surface area contributed by atoms with Gasteiger partial charge in [-0.05, 0) is 43.5 Å². The molecule has 1 aromatic carbocycles. The first-order valence-corrected chi connectivity index (χ1v) is 4.64. The summed E-state index contributed by atoms with van der Waals surface area (Å²) in [7, 11) is 0. The van der Waals surface area contributed by atoms with Crippen LogP contribution in [-0.4, -0.2) is 11.1 Å². The van der Waals surface area contributed by atoms with E-state index in [2.05, 4.69) is 0 Å². The first kappa shape index (κ1) is 11.1. The molecule has 0 saturated carbocycles. The van der Waals surface area contributed by atoms with Gasteiger partial charge in [0, 0.05) is 6.04 Å². The van der Waals surface area contributed by atoms with Crippen LogP contribution in [0.25, 0.3) is 0 Å². The van der Waals surface area contributed by atoms with Gasteiger partial charge in [-0.1, -0.05) is 6.07 Å². The predicted molar refractivity (Wildman–Crippen MR) is 54.5 cm³/mol. The Morgan fingerprint density at radius 2 is 1.93 bits per heavy atom. The fourth-order valence-electron chi connectivity index (χ4n) is 1.56. The van der Waals surface area contributed by atoms with Crippen LogP contribution in [0.3, 0.4) is 0 Å². The summed E-state index contributed by atoms with van der Waals surface area (Å²) in [5.41, 5.74) is 7.54. The van der Waals surface area contributed by atoms with Crippen LogP contribution >= 0.6 is 0 Å². The molecule has 0 radical (unpaired) electrons. The van der Waals surface area contributed by atoms with Crippen molar-refractivity contribution in [1.29, 1.82) is 0 Å². The largest absolute Gasteiger partial charge is 0.387 e. The summed E-state index contributed by atoms with van der Waals surface area (Å²) in [5, 5.41) is 9.79. The molecule has 3 heteroatoms. The van der Waals surface area contributed by atoms with Crippen molar-refractivity contribution in [1.82, 2.24) is 0 Å². The molecular weight excluding hydrogens is 181 g/mol. The van der Waals surface area contributed by atoms with Crippen LogP contribution in [0.1, 0.15) is 29.7 Å². The molecule has 14 heavy (non-hydrogen) atoms. The van der Waals surface area contributed by atoms with E-state index in [9.17, 15) is 9.50 Å². The average molecular weight is 197 g/mol. The van der Waals surface area contributed by atoms with Crippen LogP contribution in [0.4, 0.5) is 4.39 Å². The van der Waals surface area contributed by atoms with Crippen molar-refractivity contribution in [2.75, 3.05) is 0 Å². The highest BCUT2D eigenvalue weighted by Crippen LogP contribution is 2.25. The van der Waals surface area contributed by atoms with E-state index in [-0.39, 0.29) is 5.82 Å². The highest BCUT2D eigenvalue weighted by molar-refractivity contribution is 5.37. The molecule has 0 amide bonds. The minimum atomic E-state index is -0.800. The van der Waals surface area contributed by atoms with Crippen LogP contribution < -0.4 is 5.73 Å². The Morgan fingerprint density at radius 3 is 2.43 bits per heavy atom. The van der Waals surface area contributed by atoms with Crippen molar-refractivity contribution in [3.05, 3.63) is 34.6 Å². The van der Waals surface area contributed by atoms with Gasteiger partial charge in [0.15, 0.2) is 0 Å². The smallest absolute Gasteiger partial charge is 0.126 e. The maximum atomic E-state index is 13.2. The summed E-state index contributed by atoms with van der Waals surface area (Å²) in [5.74, 6) is -0.301. The number of hydrogen-bond acceptors (Lipinski definition) is 2. The number of aliphatic hydroxyl groups is 1. The lowest BCUT2D eigenvalue weighted by atomic mass is 9.94. The van der Waals surface area contributed by atoms with E-state index >= 15 is 0 Å². The van der Waals surface area contributed by atoms with Gasteiger partial charge in [0.1, 0.15) is 5.82 Å². The first-order valence-electron chi connectivity index (χ1n) is 4.64. The minimum absolute atomic E-state index is 0.301. The Hall–Kier alpha value is -0.930. The van der Waals surface area contributed by atoms with E-state index in [1.807, 2.05) is 6.92 Å². The lowest BCUT2D eigenvalue weighted by Crippen LogP contribution is -2.25. The van der Waals surface area contributed by atoms with Gasteiger partial charge in [-0.15, -0.1) is 0 Å². The van der Waals surface area contributed by atoms with Crippen molar-refractivity contribution in [2.45, 2.75) is 32.9 Å². The molecule has 2 atom stereocenters. The molecule has 0 aliphatic carbocycles. The molecule has 0 aliphatic rings. The molecule has 0 aliphatic heterocycles. The number of aliphatic hydroxyl groups excluding tert-OH is 1. The standard InChI is InChI=1S/C11H16FNO/c1-6-4-5-9(12)7(2)10(6)11(14)8(3)13/h4-5,8,11,14H,13H2,1-3H3/t8-,11-/m0/s1. The van der Waals surface area contributed by atoms with Gasteiger partial charge >= 0.3 is 0 Å². The average Bonchev–Trinajstić information content (AvgIpc) is 2.12. The van der Waals surface area contributed by atoms with Crippen LogP contribution in [0, 0.1) is 19.7 Å². The van der Waals surface area contributed by atoms with Gasteiger partial charge in [0.25, 0.3) is 0 Å². The summed E-state index contributed by atoms with van der Waals surface area (Å²) >= 11 is 0. The van der Waals surface area contributed by atoms with Crippen LogP contribution in [0.5, 0.6) is 0 Å².